The van der Waals surface area contributed by atoms with E-state index in [0.717, 1.165) is 39.8 Å². The third-order valence-electron chi connectivity index (χ3n) is 12.6. The minimum Gasteiger partial charge on any atom is -0.507 e. The first-order valence-electron chi connectivity index (χ1n) is 22.1. The van der Waals surface area contributed by atoms with E-state index in [1.807, 2.05) is 0 Å². The van der Waals surface area contributed by atoms with Crippen molar-refractivity contribution in [3.63, 3.8) is 0 Å². The van der Waals surface area contributed by atoms with Gasteiger partial charge in [-0.25, -0.2) is 0 Å². The van der Waals surface area contributed by atoms with Gasteiger partial charge in [-0.1, -0.05) is 12.1 Å². The van der Waals surface area contributed by atoms with E-state index in [4.69, 9.17) is 37.9 Å². The molecule has 20 nitrogen and oxygen atoms in total. The van der Waals surface area contributed by atoms with E-state index in [9.17, 15) is 59.4 Å². The van der Waals surface area contributed by atoms with Crippen molar-refractivity contribution in [2.75, 3.05) is 0 Å². The number of fused-ring (bicyclic) bond motifs is 4. The zero-order valence-electron chi connectivity index (χ0n) is 38.9. The second kappa shape index (κ2) is 18.6. The highest BCUT2D eigenvalue weighted by Gasteiger charge is 2.52. The van der Waals surface area contributed by atoms with Crippen molar-refractivity contribution < 1.29 is 97.3 Å². The summed E-state index contributed by atoms with van der Waals surface area (Å²) in [5.74, 6) is -10.0. The topological polar surface area (TPSA) is 298 Å². The number of aliphatic hydroxyl groups excluding tert-OH is 2. The highest BCUT2D eigenvalue weighted by atomic mass is 16.7. The Morgan fingerprint density at radius 3 is 1.23 bits per heavy atom. The maximum absolute atomic E-state index is 14.6. The lowest BCUT2D eigenvalue weighted by Crippen LogP contribution is -2.60. The fraction of sp³-hybridized carbons (Fsp3) is 0.400. The summed E-state index contributed by atoms with van der Waals surface area (Å²) < 4.78 is 46.0. The molecule has 12 atom stereocenters. The van der Waals surface area contributed by atoms with Crippen LogP contribution in [0.2, 0.25) is 0 Å². The van der Waals surface area contributed by atoms with Gasteiger partial charge >= 0.3 is 23.9 Å². The number of esters is 4. The molecular formula is C50H50O20. The van der Waals surface area contributed by atoms with E-state index >= 15 is 0 Å². The first-order valence-corrected chi connectivity index (χ1v) is 22.1. The minimum atomic E-state index is -1.67. The van der Waals surface area contributed by atoms with E-state index in [0.29, 0.717) is 11.1 Å². The van der Waals surface area contributed by atoms with Crippen molar-refractivity contribution in [2.45, 2.75) is 129 Å². The lowest BCUT2D eigenvalue weighted by Gasteiger charge is -2.42. The number of hydrogen-bond acceptors (Lipinski definition) is 20. The standard InChI is InChI=1S/C50H50O20/c1-17-9-27-35(29-13-25(15-33(57)39(29)42(60)37(27)31(55)11-17)69-49-47(67-23(7)53)44(62)45(20(4)64-49)65-21(5)51)36-28-10-18(2)12-32(56)38(28)43(61)40-30(36)14-26(16-34(40)58)70-50-48(68-24(8)54)46(66-22(6)52)41(59)19(3)63-50/h9-16,19-20,35-36,41,44-50,55-59,62H,1-8H3/t19-,20-,35+,36+,41-,44+,45-,46+,47+,48+,49-,50-/m0/s1. The Morgan fingerprint density at radius 1 is 0.457 bits per heavy atom. The molecule has 0 aromatic heterocycles. The van der Waals surface area contributed by atoms with Crippen LogP contribution >= 0.6 is 0 Å². The average Bonchev–Trinajstić information content (AvgIpc) is 3.23. The fourth-order valence-electron chi connectivity index (χ4n) is 10.00. The molecule has 370 valence electrons. The van der Waals surface area contributed by atoms with Gasteiger partial charge in [-0.2, -0.15) is 0 Å². The Morgan fingerprint density at radius 2 is 0.800 bits per heavy atom. The Bertz CT molecular complexity index is 2850. The van der Waals surface area contributed by atoms with Crippen molar-refractivity contribution in [2.24, 2.45) is 0 Å². The predicted molar refractivity (Wildman–Crippen MR) is 237 cm³/mol. The molecule has 8 rings (SSSR count). The number of benzene rings is 4. The normalized spacial score (nSPS) is 27.7. The van der Waals surface area contributed by atoms with Gasteiger partial charge in [-0.05, 0) is 85.3 Å². The molecule has 4 aliphatic rings. The van der Waals surface area contributed by atoms with Crippen LogP contribution in [0.3, 0.4) is 0 Å². The molecule has 0 amide bonds. The van der Waals surface area contributed by atoms with Crippen LogP contribution in [0.15, 0.2) is 48.5 Å². The van der Waals surface area contributed by atoms with Gasteiger partial charge < -0.3 is 68.5 Å². The van der Waals surface area contributed by atoms with Gasteiger partial charge in [0.2, 0.25) is 30.3 Å². The molecule has 4 aromatic carbocycles. The van der Waals surface area contributed by atoms with E-state index in [1.54, 1.807) is 26.0 Å². The lowest BCUT2D eigenvalue weighted by atomic mass is 9.63. The van der Waals surface area contributed by atoms with Crippen molar-refractivity contribution in [1.29, 1.82) is 0 Å². The summed E-state index contributed by atoms with van der Waals surface area (Å²) in [6, 6.07) is 10.8. The number of hydrogen-bond donors (Lipinski definition) is 6. The zero-order valence-corrected chi connectivity index (χ0v) is 38.9. The van der Waals surface area contributed by atoms with E-state index < -0.39 is 132 Å². The molecule has 2 aliphatic carbocycles. The van der Waals surface area contributed by atoms with Gasteiger partial charge in [0.15, 0.2) is 18.3 Å². The van der Waals surface area contributed by atoms with E-state index in [1.165, 1.54) is 38.1 Å². The number of rotatable bonds is 9. The molecule has 0 spiro atoms. The molecule has 0 radical (unpaired) electrons. The Labute approximate surface area is 399 Å². The number of aromatic hydroxyl groups is 4. The summed E-state index contributed by atoms with van der Waals surface area (Å²) in [4.78, 5) is 78.1. The van der Waals surface area contributed by atoms with Crippen LogP contribution in [0.4, 0.5) is 0 Å². The predicted octanol–water partition coefficient (Wildman–Crippen LogP) is 3.87. The van der Waals surface area contributed by atoms with Crippen molar-refractivity contribution in [3.8, 4) is 34.5 Å². The number of aliphatic hydroxyl groups is 2. The number of phenols is 4. The molecule has 2 aliphatic heterocycles. The van der Waals surface area contributed by atoms with Gasteiger partial charge in [0.1, 0.15) is 46.7 Å². The Hall–Kier alpha value is -7.26. The molecule has 2 heterocycles. The first-order chi connectivity index (χ1) is 32.9. The molecule has 0 unspecified atom stereocenters. The molecule has 0 saturated carbocycles. The summed E-state index contributed by atoms with van der Waals surface area (Å²) in [7, 11) is 0. The van der Waals surface area contributed by atoms with Crippen LogP contribution in [0.25, 0.3) is 0 Å². The highest BCUT2D eigenvalue weighted by Crippen LogP contribution is 2.57. The summed E-state index contributed by atoms with van der Waals surface area (Å²) in [6.45, 7) is 10.6. The van der Waals surface area contributed by atoms with Gasteiger partial charge in [0, 0.05) is 51.7 Å². The summed E-state index contributed by atoms with van der Waals surface area (Å²) in [5.41, 5.74) is 0.293. The highest BCUT2D eigenvalue weighted by molar-refractivity contribution is 6.18. The van der Waals surface area contributed by atoms with Crippen LogP contribution < -0.4 is 9.47 Å². The van der Waals surface area contributed by atoms with Crippen LogP contribution in [-0.2, 0) is 47.6 Å². The number of carbonyl (C=O) groups excluding carboxylic acids is 6. The average molecular weight is 971 g/mol. The third-order valence-corrected chi connectivity index (χ3v) is 12.6. The van der Waals surface area contributed by atoms with Gasteiger partial charge in [0.05, 0.1) is 34.5 Å². The maximum atomic E-state index is 14.6. The molecule has 20 heteroatoms. The number of ether oxygens (including phenoxy) is 8. The molecule has 6 N–H and O–H groups in total. The van der Waals surface area contributed by atoms with Crippen molar-refractivity contribution in [3.05, 3.63) is 104 Å². The molecule has 4 aromatic rings. The smallest absolute Gasteiger partial charge is 0.303 e. The second-order valence-electron chi connectivity index (χ2n) is 17.9. The number of ketones is 2. The van der Waals surface area contributed by atoms with Gasteiger partial charge in [-0.15, -0.1) is 0 Å². The molecule has 2 saturated heterocycles. The zero-order chi connectivity index (χ0) is 50.9. The van der Waals surface area contributed by atoms with Gasteiger partial charge in [-0.3, -0.25) is 28.8 Å². The lowest BCUT2D eigenvalue weighted by molar-refractivity contribution is -0.277. The first kappa shape index (κ1) is 49.2. The Balaban J connectivity index is 1.33. The van der Waals surface area contributed by atoms with Crippen LogP contribution in [0.5, 0.6) is 34.5 Å². The van der Waals surface area contributed by atoms with E-state index in [-0.39, 0.29) is 56.0 Å². The molecule has 0 bridgehead atoms. The third kappa shape index (κ3) is 8.82. The van der Waals surface area contributed by atoms with Crippen molar-refractivity contribution >= 4 is 35.4 Å². The summed E-state index contributed by atoms with van der Waals surface area (Å²) >= 11 is 0. The maximum Gasteiger partial charge on any atom is 0.303 e. The SMILES string of the molecule is CC(=O)O[C@@H]1[C@@H](O)[C@H](C)O[C@@H](Oc2cc(O)c3c(c2)[C@H]([C@@H]2c4cc(C)cc(O)c4C(=O)c4c(O)cc(O[C@@H]5O[C@@H](C)[C@H](OC(C)=O)[C@@H](O)[C@H]5OC(C)=O)cc42)c2cc(C)cc(O)c2C3=O)[C@@H]1OC(C)=O. The van der Waals surface area contributed by atoms with Crippen LogP contribution in [0, 0.1) is 13.8 Å². The van der Waals surface area contributed by atoms with Gasteiger partial charge in [0.25, 0.3) is 0 Å². The summed E-state index contributed by atoms with van der Waals surface area (Å²) in [6.07, 6.45) is -14.4. The molecule has 2 fully saturated rings. The second-order valence-corrected chi connectivity index (χ2v) is 17.9. The monoisotopic (exact) mass is 970 g/mol. The Kier molecular flexibility index (Phi) is 13.0. The minimum absolute atomic E-state index is 0.0315. The van der Waals surface area contributed by atoms with Crippen LogP contribution in [-0.4, -0.2) is 127 Å². The fourth-order valence-corrected chi connectivity index (χ4v) is 10.00. The molecular weight excluding hydrogens is 921 g/mol. The van der Waals surface area contributed by atoms with Crippen LogP contribution in [0.1, 0.15) is 119 Å². The van der Waals surface area contributed by atoms with Crippen molar-refractivity contribution in [1.82, 2.24) is 0 Å². The van der Waals surface area contributed by atoms with E-state index in [2.05, 4.69) is 0 Å². The largest absolute Gasteiger partial charge is 0.507 e. The number of carbonyl (C=O) groups is 6. The molecule has 70 heavy (non-hydrogen) atoms. The number of aryl methyl sites for hydroxylation is 2. The summed E-state index contributed by atoms with van der Waals surface area (Å²) in [5, 5.41) is 69.3. The number of phenolic OH excluding ortho intramolecular Hbond substituents is 4. The quantitative estimate of drug-likeness (QED) is 0.102.